The van der Waals surface area contributed by atoms with Crippen LogP contribution in [0.3, 0.4) is 0 Å². The minimum Gasteiger partial charge on any atom is -0.444 e. The van der Waals surface area contributed by atoms with Gasteiger partial charge >= 0.3 is 6.09 Å². The molecule has 3 rings (SSSR count). The summed E-state index contributed by atoms with van der Waals surface area (Å²) in [6, 6.07) is 5.61. The van der Waals surface area contributed by atoms with Crippen LogP contribution in [0, 0.1) is 0 Å². The molecule has 1 fully saturated rings. The van der Waals surface area contributed by atoms with Gasteiger partial charge in [-0.1, -0.05) is 11.6 Å². The lowest BCUT2D eigenvalue weighted by atomic mass is 10.2. The largest absolute Gasteiger partial charge is 0.444 e. The van der Waals surface area contributed by atoms with Crippen molar-refractivity contribution in [2.45, 2.75) is 45.8 Å². The fraction of sp³-hybridized carbons (Fsp3) is 0.550. The number of fused-ring (bicyclic) bond motifs is 1. The number of amides is 2. The molecule has 28 heavy (non-hydrogen) atoms. The Morgan fingerprint density at radius 3 is 2.61 bits per heavy atom. The molecule has 2 heterocycles. The SMILES string of the molecule is CC(C)(C)OC(=O)N1CCCN(C(=O)CCn2ncc3ccc(Cl)cc32)CC1. The number of aromatic nitrogens is 2. The van der Waals surface area contributed by atoms with Crippen molar-refractivity contribution < 1.29 is 14.3 Å². The molecule has 1 aliphatic rings. The first-order valence-electron chi connectivity index (χ1n) is 9.60. The fourth-order valence-electron chi connectivity index (χ4n) is 3.26. The molecule has 0 spiro atoms. The first-order valence-corrected chi connectivity index (χ1v) is 9.97. The first-order chi connectivity index (χ1) is 13.2. The van der Waals surface area contributed by atoms with Crippen molar-refractivity contribution in [1.29, 1.82) is 0 Å². The van der Waals surface area contributed by atoms with Gasteiger partial charge in [0.1, 0.15) is 5.60 Å². The number of ether oxygens (including phenoxy) is 1. The summed E-state index contributed by atoms with van der Waals surface area (Å²) in [5.74, 6) is 0.0664. The van der Waals surface area contributed by atoms with Gasteiger partial charge in [-0.15, -0.1) is 0 Å². The van der Waals surface area contributed by atoms with E-state index in [1.165, 1.54) is 0 Å². The van der Waals surface area contributed by atoms with E-state index in [0.717, 1.165) is 17.3 Å². The van der Waals surface area contributed by atoms with Gasteiger partial charge in [-0.05, 0) is 45.4 Å². The molecule has 0 radical (unpaired) electrons. The predicted octanol–water partition coefficient (Wildman–Crippen LogP) is 3.55. The molecule has 1 aromatic carbocycles. The van der Waals surface area contributed by atoms with E-state index >= 15 is 0 Å². The van der Waals surface area contributed by atoms with E-state index in [4.69, 9.17) is 16.3 Å². The summed E-state index contributed by atoms with van der Waals surface area (Å²) >= 11 is 6.07. The fourth-order valence-corrected chi connectivity index (χ4v) is 3.42. The lowest BCUT2D eigenvalue weighted by molar-refractivity contribution is -0.131. The van der Waals surface area contributed by atoms with E-state index < -0.39 is 5.60 Å². The van der Waals surface area contributed by atoms with Crippen LogP contribution in [0.5, 0.6) is 0 Å². The molecule has 8 heteroatoms. The van der Waals surface area contributed by atoms with Crippen molar-refractivity contribution in [2.24, 2.45) is 0 Å². The first kappa shape index (κ1) is 20.5. The maximum absolute atomic E-state index is 12.7. The van der Waals surface area contributed by atoms with Crippen LogP contribution < -0.4 is 0 Å². The molecular formula is C20H27ClN4O3. The average molecular weight is 407 g/mol. The molecule has 152 valence electrons. The maximum Gasteiger partial charge on any atom is 0.410 e. The van der Waals surface area contributed by atoms with Gasteiger partial charge in [0.2, 0.25) is 5.91 Å². The Hall–Kier alpha value is -2.28. The number of nitrogens with zero attached hydrogens (tertiary/aromatic N) is 4. The minimum absolute atomic E-state index is 0.0664. The van der Waals surface area contributed by atoms with E-state index in [9.17, 15) is 9.59 Å². The number of carbonyl (C=O) groups excluding carboxylic acids is 2. The Labute approximate surface area is 170 Å². The topological polar surface area (TPSA) is 67.7 Å². The molecular weight excluding hydrogens is 380 g/mol. The highest BCUT2D eigenvalue weighted by Crippen LogP contribution is 2.19. The number of rotatable bonds is 3. The Kier molecular flexibility index (Phi) is 6.13. The number of aryl methyl sites for hydroxylation is 1. The van der Waals surface area contributed by atoms with Crippen LogP contribution in [0.4, 0.5) is 4.79 Å². The van der Waals surface area contributed by atoms with Crippen LogP contribution in [0.25, 0.3) is 10.9 Å². The van der Waals surface area contributed by atoms with Crippen LogP contribution >= 0.6 is 11.6 Å². The molecule has 2 amide bonds. The van der Waals surface area contributed by atoms with Crippen LogP contribution in [-0.4, -0.2) is 63.4 Å². The second-order valence-corrected chi connectivity index (χ2v) is 8.46. The third-order valence-corrected chi connectivity index (χ3v) is 4.88. The second-order valence-electron chi connectivity index (χ2n) is 8.02. The van der Waals surface area contributed by atoms with Gasteiger partial charge in [0.25, 0.3) is 0 Å². The van der Waals surface area contributed by atoms with Crippen molar-refractivity contribution in [3.8, 4) is 0 Å². The van der Waals surface area contributed by atoms with Crippen LogP contribution in [0.2, 0.25) is 5.02 Å². The van der Waals surface area contributed by atoms with E-state index in [1.807, 2.05) is 48.6 Å². The van der Waals surface area contributed by atoms with E-state index in [1.54, 1.807) is 11.1 Å². The van der Waals surface area contributed by atoms with Gasteiger partial charge in [-0.3, -0.25) is 9.48 Å². The average Bonchev–Trinajstić information content (AvgIpc) is 2.84. The predicted molar refractivity (Wildman–Crippen MR) is 108 cm³/mol. The summed E-state index contributed by atoms with van der Waals surface area (Å²) in [5, 5.41) is 6.01. The Morgan fingerprint density at radius 1 is 1.14 bits per heavy atom. The number of halogens is 1. The highest BCUT2D eigenvalue weighted by molar-refractivity contribution is 6.31. The smallest absolute Gasteiger partial charge is 0.410 e. The molecule has 1 aliphatic heterocycles. The summed E-state index contributed by atoms with van der Waals surface area (Å²) in [6.07, 6.45) is 2.56. The molecule has 1 saturated heterocycles. The van der Waals surface area contributed by atoms with Crippen molar-refractivity contribution >= 4 is 34.5 Å². The van der Waals surface area contributed by atoms with Crippen molar-refractivity contribution in [3.05, 3.63) is 29.4 Å². The zero-order valence-electron chi connectivity index (χ0n) is 16.7. The second kappa shape index (κ2) is 8.39. The van der Waals surface area contributed by atoms with Gasteiger partial charge in [-0.25, -0.2) is 4.79 Å². The molecule has 7 nitrogen and oxygen atoms in total. The number of hydrogen-bond acceptors (Lipinski definition) is 4. The zero-order chi connectivity index (χ0) is 20.3. The van der Waals surface area contributed by atoms with Gasteiger partial charge in [0.05, 0.1) is 18.3 Å². The maximum atomic E-state index is 12.7. The molecule has 2 aromatic rings. The highest BCUT2D eigenvalue weighted by atomic mass is 35.5. The lowest BCUT2D eigenvalue weighted by Crippen LogP contribution is -2.40. The summed E-state index contributed by atoms with van der Waals surface area (Å²) in [7, 11) is 0. The highest BCUT2D eigenvalue weighted by Gasteiger charge is 2.25. The Balaban J connectivity index is 1.55. The number of benzene rings is 1. The van der Waals surface area contributed by atoms with Gasteiger partial charge in [0, 0.05) is 43.0 Å². The third-order valence-electron chi connectivity index (χ3n) is 4.64. The summed E-state index contributed by atoms with van der Waals surface area (Å²) in [4.78, 5) is 28.4. The Bertz CT molecular complexity index is 859. The molecule has 0 atom stereocenters. The monoisotopic (exact) mass is 406 g/mol. The van der Waals surface area contributed by atoms with Crippen molar-refractivity contribution in [2.75, 3.05) is 26.2 Å². The van der Waals surface area contributed by atoms with E-state index in [2.05, 4.69) is 5.10 Å². The zero-order valence-corrected chi connectivity index (χ0v) is 17.4. The third kappa shape index (κ3) is 5.16. The van der Waals surface area contributed by atoms with Gasteiger partial charge < -0.3 is 14.5 Å². The van der Waals surface area contributed by atoms with Crippen LogP contribution in [0.1, 0.15) is 33.6 Å². The Morgan fingerprint density at radius 2 is 1.86 bits per heavy atom. The normalized spacial score (nSPS) is 15.6. The summed E-state index contributed by atoms with van der Waals surface area (Å²) < 4.78 is 7.25. The summed E-state index contributed by atoms with van der Waals surface area (Å²) in [6.45, 7) is 8.30. The number of carbonyl (C=O) groups is 2. The number of hydrogen-bond donors (Lipinski definition) is 0. The summed E-state index contributed by atoms with van der Waals surface area (Å²) in [5.41, 5.74) is 0.404. The lowest BCUT2D eigenvalue weighted by Gasteiger charge is -2.26. The molecule has 0 saturated carbocycles. The van der Waals surface area contributed by atoms with Gasteiger partial charge in [0.15, 0.2) is 0 Å². The van der Waals surface area contributed by atoms with Crippen molar-refractivity contribution in [1.82, 2.24) is 19.6 Å². The standard InChI is InChI=1S/C20H27ClN4O3/c1-20(2,3)28-19(27)24-9-4-8-23(11-12-24)18(26)7-10-25-17-13-16(21)6-5-15(17)14-22-25/h5-6,13-14H,4,7-12H2,1-3H3. The molecule has 0 N–H and O–H groups in total. The molecule has 0 aliphatic carbocycles. The molecule has 0 unspecified atom stereocenters. The van der Waals surface area contributed by atoms with E-state index in [0.29, 0.717) is 44.2 Å². The van der Waals surface area contributed by atoms with Crippen LogP contribution in [-0.2, 0) is 16.1 Å². The minimum atomic E-state index is -0.520. The van der Waals surface area contributed by atoms with Gasteiger partial charge in [-0.2, -0.15) is 5.10 Å². The van der Waals surface area contributed by atoms with E-state index in [-0.39, 0.29) is 12.0 Å². The molecule has 1 aromatic heterocycles. The van der Waals surface area contributed by atoms with Crippen LogP contribution in [0.15, 0.2) is 24.4 Å². The quantitative estimate of drug-likeness (QED) is 0.781. The molecule has 0 bridgehead atoms. The van der Waals surface area contributed by atoms with Crippen molar-refractivity contribution in [3.63, 3.8) is 0 Å².